The molecule has 0 spiro atoms. The van der Waals surface area contributed by atoms with Crippen LogP contribution in [0.25, 0.3) is 0 Å². The van der Waals surface area contributed by atoms with Crippen LogP contribution in [0.3, 0.4) is 0 Å². The summed E-state index contributed by atoms with van der Waals surface area (Å²) in [5.74, 6) is 0.572. The van der Waals surface area contributed by atoms with Crippen LogP contribution in [0, 0.1) is 6.92 Å². The lowest BCUT2D eigenvalue weighted by Gasteiger charge is -2.23. The van der Waals surface area contributed by atoms with Gasteiger partial charge in [-0.15, -0.1) is 0 Å². The average molecular weight is 238 g/mol. The number of aliphatic hydroxyl groups excluding tert-OH is 1. The van der Waals surface area contributed by atoms with Crippen molar-refractivity contribution in [1.82, 2.24) is 10.3 Å². The fourth-order valence-corrected chi connectivity index (χ4v) is 1.53. The maximum Gasteiger partial charge on any atom is 0.213 e. The summed E-state index contributed by atoms with van der Waals surface area (Å²) in [6.07, 6.45) is -0.548. The molecule has 1 heterocycles. The minimum absolute atomic E-state index is 0.00517. The van der Waals surface area contributed by atoms with Gasteiger partial charge in [-0.3, -0.25) is 0 Å². The minimum atomic E-state index is -0.548. The summed E-state index contributed by atoms with van der Waals surface area (Å²) < 4.78 is 5.04. The Morgan fingerprint density at radius 3 is 2.53 bits per heavy atom. The smallest absolute Gasteiger partial charge is 0.213 e. The Kier molecular flexibility index (Phi) is 4.48. The molecule has 0 bridgehead atoms. The Morgan fingerprint density at radius 1 is 1.41 bits per heavy atom. The van der Waals surface area contributed by atoms with Crippen molar-refractivity contribution in [2.75, 3.05) is 13.7 Å². The summed E-state index contributed by atoms with van der Waals surface area (Å²) in [6, 6.07) is 3.62. The van der Waals surface area contributed by atoms with Gasteiger partial charge in [0.15, 0.2) is 0 Å². The second kappa shape index (κ2) is 5.47. The van der Waals surface area contributed by atoms with Gasteiger partial charge in [-0.25, -0.2) is 4.98 Å². The van der Waals surface area contributed by atoms with Gasteiger partial charge in [0.1, 0.15) is 0 Å². The zero-order valence-corrected chi connectivity index (χ0v) is 11.2. The third-order valence-corrected chi connectivity index (χ3v) is 2.50. The van der Waals surface area contributed by atoms with Gasteiger partial charge in [-0.2, -0.15) is 0 Å². The number of aliphatic hydroxyl groups is 1. The van der Waals surface area contributed by atoms with Gasteiger partial charge >= 0.3 is 0 Å². The summed E-state index contributed by atoms with van der Waals surface area (Å²) in [6.45, 7) is 8.59. The fourth-order valence-electron chi connectivity index (χ4n) is 1.53. The number of ether oxygens (including phenoxy) is 1. The normalized spacial score (nSPS) is 13.5. The van der Waals surface area contributed by atoms with Crippen LogP contribution in [0.1, 0.15) is 38.1 Å². The molecule has 4 nitrogen and oxygen atoms in total. The molecule has 0 aliphatic heterocycles. The lowest BCUT2D eigenvalue weighted by atomic mass is 10.1. The fraction of sp³-hybridized carbons (Fsp3) is 0.615. The third kappa shape index (κ3) is 4.32. The molecule has 1 rings (SSSR count). The molecule has 4 heteroatoms. The zero-order valence-electron chi connectivity index (χ0n) is 11.2. The summed E-state index contributed by atoms with van der Waals surface area (Å²) in [4.78, 5) is 4.25. The third-order valence-electron chi connectivity index (χ3n) is 2.50. The molecular formula is C13H22N2O2. The molecule has 17 heavy (non-hydrogen) atoms. The number of rotatable bonds is 4. The van der Waals surface area contributed by atoms with Gasteiger partial charge in [0.2, 0.25) is 5.88 Å². The lowest BCUT2D eigenvalue weighted by molar-refractivity contribution is 0.162. The van der Waals surface area contributed by atoms with E-state index in [0.29, 0.717) is 12.4 Å². The van der Waals surface area contributed by atoms with Crippen molar-refractivity contribution >= 4 is 0 Å². The number of aromatic nitrogens is 1. The molecule has 1 aromatic heterocycles. The highest BCUT2D eigenvalue weighted by atomic mass is 16.5. The van der Waals surface area contributed by atoms with Crippen LogP contribution in [0.15, 0.2) is 12.1 Å². The summed E-state index contributed by atoms with van der Waals surface area (Å²) in [7, 11) is 1.58. The average Bonchev–Trinajstić information content (AvgIpc) is 2.24. The largest absolute Gasteiger partial charge is 0.481 e. The molecule has 0 radical (unpaired) electrons. The monoisotopic (exact) mass is 238 g/mol. The number of aryl methyl sites for hydroxylation is 1. The van der Waals surface area contributed by atoms with Crippen molar-refractivity contribution in [3.63, 3.8) is 0 Å². The van der Waals surface area contributed by atoms with E-state index in [1.165, 1.54) is 0 Å². The maximum absolute atomic E-state index is 10.1. The van der Waals surface area contributed by atoms with Crippen LogP contribution >= 0.6 is 0 Å². The van der Waals surface area contributed by atoms with E-state index in [-0.39, 0.29) is 5.54 Å². The van der Waals surface area contributed by atoms with Crippen molar-refractivity contribution in [1.29, 1.82) is 0 Å². The number of hydrogen-bond acceptors (Lipinski definition) is 4. The minimum Gasteiger partial charge on any atom is -0.481 e. The molecule has 0 aliphatic carbocycles. The summed E-state index contributed by atoms with van der Waals surface area (Å²) >= 11 is 0. The van der Waals surface area contributed by atoms with Gasteiger partial charge in [-0.05, 0) is 33.8 Å². The Bertz CT molecular complexity index is 372. The van der Waals surface area contributed by atoms with E-state index >= 15 is 0 Å². The van der Waals surface area contributed by atoms with Gasteiger partial charge in [0.05, 0.1) is 13.2 Å². The van der Waals surface area contributed by atoms with Crippen molar-refractivity contribution in [2.45, 2.75) is 39.3 Å². The molecule has 0 fully saturated rings. The molecule has 2 N–H and O–H groups in total. The first-order valence-electron chi connectivity index (χ1n) is 5.78. The summed E-state index contributed by atoms with van der Waals surface area (Å²) in [5, 5.41) is 13.4. The molecule has 0 aliphatic rings. The van der Waals surface area contributed by atoms with Crippen LogP contribution < -0.4 is 10.1 Å². The molecule has 1 atom stereocenters. The Morgan fingerprint density at radius 2 is 2.06 bits per heavy atom. The van der Waals surface area contributed by atoms with Gasteiger partial charge in [0.25, 0.3) is 0 Å². The van der Waals surface area contributed by atoms with Crippen molar-refractivity contribution in [3.8, 4) is 5.88 Å². The van der Waals surface area contributed by atoms with E-state index in [1.54, 1.807) is 13.2 Å². The molecule has 1 aromatic rings. The molecule has 0 saturated carbocycles. The number of pyridine rings is 1. The number of hydrogen-bond donors (Lipinski definition) is 2. The predicted octanol–water partition coefficient (Wildman–Crippen LogP) is 1.82. The molecule has 0 amide bonds. The number of nitrogens with zero attached hydrogens (tertiary/aromatic N) is 1. The first-order chi connectivity index (χ1) is 7.83. The second-order valence-corrected chi connectivity index (χ2v) is 5.17. The standard InChI is InChI=1S/C13H22N2O2/c1-9-10(6-7-12(15-9)17-5)11(16)8-14-13(2,3)4/h6-7,11,14,16H,8H2,1-5H3/t11-/m0/s1. The number of nitrogens with one attached hydrogen (secondary N) is 1. The van der Waals surface area contributed by atoms with Crippen LogP contribution in [-0.4, -0.2) is 29.3 Å². The maximum atomic E-state index is 10.1. The first kappa shape index (κ1) is 13.9. The lowest BCUT2D eigenvalue weighted by Crippen LogP contribution is -2.38. The van der Waals surface area contributed by atoms with Crippen molar-refractivity contribution in [3.05, 3.63) is 23.4 Å². The van der Waals surface area contributed by atoms with E-state index in [4.69, 9.17) is 4.74 Å². The highest BCUT2D eigenvalue weighted by molar-refractivity contribution is 5.27. The van der Waals surface area contributed by atoms with Crippen LogP contribution in [-0.2, 0) is 0 Å². The molecular weight excluding hydrogens is 216 g/mol. The molecule has 0 unspecified atom stereocenters. The Hall–Kier alpha value is -1.13. The number of methoxy groups -OCH3 is 1. The quantitative estimate of drug-likeness (QED) is 0.840. The van der Waals surface area contributed by atoms with E-state index in [2.05, 4.69) is 31.1 Å². The van der Waals surface area contributed by atoms with Crippen LogP contribution in [0.5, 0.6) is 5.88 Å². The van der Waals surface area contributed by atoms with Gasteiger partial charge in [-0.1, -0.05) is 0 Å². The summed E-state index contributed by atoms with van der Waals surface area (Å²) in [5.41, 5.74) is 1.63. The van der Waals surface area contributed by atoms with E-state index in [0.717, 1.165) is 11.3 Å². The molecule has 96 valence electrons. The first-order valence-corrected chi connectivity index (χ1v) is 5.78. The van der Waals surface area contributed by atoms with Crippen LogP contribution in [0.2, 0.25) is 0 Å². The number of β-amino-alcohol motifs (C(OH)–C–C–N with tert-alkyl or cyclic N) is 1. The van der Waals surface area contributed by atoms with Crippen molar-refractivity contribution < 1.29 is 9.84 Å². The zero-order chi connectivity index (χ0) is 13.1. The highest BCUT2D eigenvalue weighted by Crippen LogP contribution is 2.19. The molecule has 0 saturated heterocycles. The van der Waals surface area contributed by atoms with E-state index < -0.39 is 6.10 Å². The Labute approximate surface area is 103 Å². The highest BCUT2D eigenvalue weighted by Gasteiger charge is 2.15. The predicted molar refractivity (Wildman–Crippen MR) is 68.2 cm³/mol. The molecule has 0 aromatic carbocycles. The SMILES string of the molecule is COc1ccc([C@@H](O)CNC(C)(C)C)c(C)n1. The van der Waals surface area contributed by atoms with Crippen LogP contribution in [0.4, 0.5) is 0 Å². The topological polar surface area (TPSA) is 54.4 Å². The van der Waals surface area contributed by atoms with E-state index in [1.807, 2.05) is 13.0 Å². The van der Waals surface area contributed by atoms with Gasteiger partial charge < -0.3 is 15.2 Å². The van der Waals surface area contributed by atoms with Gasteiger partial charge in [0, 0.05) is 29.4 Å². The second-order valence-electron chi connectivity index (χ2n) is 5.17. The van der Waals surface area contributed by atoms with E-state index in [9.17, 15) is 5.11 Å². The Balaban J connectivity index is 2.72. The van der Waals surface area contributed by atoms with Crippen molar-refractivity contribution in [2.24, 2.45) is 0 Å².